The molecule has 10 nitrogen and oxygen atoms in total. The van der Waals surface area contributed by atoms with E-state index in [0.29, 0.717) is 23.0 Å². The molecule has 2 heterocycles. The Kier molecular flexibility index (Phi) is 7.09. The number of aromatic nitrogens is 6. The molecule has 0 saturated carbocycles. The maximum atomic E-state index is 14.7. The van der Waals surface area contributed by atoms with Crippen LogP contribution in [0, 0.1) is 25.5 Å². The van der Waals surface area contributed by atoms with Gasteiger partial charge >= 0.3 is 5.69 Å². The summed E-state index contributed by atoms with van der Waals surface area (Å²) in [6, 6.07) is 14.9. The Balaban J connectivity index is 1.38. The van der Waals surface area contributed by atoms with Crippen LogP contribution in [0.25, 0.3) is 5.69 Å². The van der Waals surface area contributed by atoms with E-state index in [1.165, 1.54) is 28.2 Å². The van der Waals surface area contributed by atoms with Gasteiger partial charge in [-0.1, -0.05) is 23.8 Å². The molecule has 0 aliphatic heterocycles. The summed E-state index contributed by atoms with van der Waals surface area (Å²) in [6.45, 7) is 3.09. The normalized spacial score (nSPS) is 12.7. The number of carbonyl (C=O) groups is 1. The lowest BCUT2D eigenvalue weighted by Crippen LogP contribution is -2.41. The number of amides is 1. The number of aryl methyl sites for hydroxylation is 2. The highest BCUT2D eigenvalue weighted by Crippen LogP contribution is 2.28. The van der Waals surface area contributed by atoms with Crippen molar-refractivity contribution >= 4 is 11.6 Å². The third-order valence-corrected chi connectivity index (χ3v) is 6.50. The van der Waals surface area contributed by atoms with Crippen LogP contribution in [0.15, 0.2) is 84.4 Å². The molecule has 0 fully saturated rings. The lowest BCUT2D eigenvalue weighted by atomic mass is 9.93. The molecule has 2 aromatic heterocycles. The van der Waals surface area contributed by atoms with Crippen LogP contribution in [-0.2, 0) is 18.7 Å². The molecule has 1 atom stereocenters. The summed E-state index contributed by atoms with van der Waals surface area (Å²) in [5.74, 6) is -2.04. The molecule has 0 radical (unpaired) electrons. The Hall–Kier alpha value is -4.97. The SMILES string of the molecule is Cc1ccc(C(=O)Nc2ccc(-n3cnn(C[C@@](O)(Cn4cncn4)c4ccc(F)cc4F)c3=O)cc2)c(C)c1. The number of anilines is 1. The lowest BCUT2D eigenvalue weighted by molar-refractivity contribution is -0.00948. The number of benzene rings is 3. The van der Waals surface area contributed by atoms with Gasteiger partial charge < -0.3 is 10.4 Å². The van der Waals surface area contributed by atoms with Gasteiger partial charge in [0.1, 0.15) is 36.2 Å². The third-order valence-electron chi connectivity index (χ3n) is 6.50. The first-order chi connectivity index (χ1) is 19.1. The second-order valence-corrected chi connectivity index (χ2v) is 9.51. The fourth-order valence-corrected chi connectivity index (χ4v) is 4.51. The maximum Gasteiger partial charge on any atom is 0.350 e. The topological polar surface area (TPSA) is 120 Å². The summed E-state index contributed by atoms with van der Waals surface area (Å²) in [7, 11) is 0. The Labute approximate surface area is 227 Å². The predicted octanol–water partition coefficient (Wildman–Crippen LogP) is 3.36. The van der Waals surface area contributed by atoms with Gasteiger partial charge in [-0.05, 0) is 55.8 Å². The van der Waals surface area contributed by atoms with Crippen LogP contribution >= 0.6 is 0 Å². The molecule has 0 spiro atoms. The Morgan fingerprint density at radius 2 is 1.75 bits per heavy atom. The largest absolute Gasteiger partial charge is 0.381 e. The minimum atomic E-state index is -2.02. The standard InChI is InChI=1S/C28H25F2N7O3/c1-18-3-9-23(19(2)11-18)26(38)34-21-5-7-22(8-6-21)36-17-33-37(27(36)39)14-28(40,13-35-16-31-15-32-35)24-10-4-20(29)12-25(24)30/h3-12,15-17,40H,13-14H2,1-2H3,(H,34,38)/t28-/m0/s1. The summed E-state index contributed by atoms with van der Waals surface area (Å²) in [5.41, 5.74) is 0.610. The minimum Gasteiger partial charge on any atom is -0.381 e. The predicted molar refractivity (Wildman–Crippen MR) is 142 cm³/mol. The van der Waals surface area contributed by atoms with Crippen molar-refractivity contribution in [3.8, 4) is 5.69 Å². The Morgan fingerprint density at radius 1 is 0.975 bits per heavy atom. The second-order valence-electron chi connectivity index (χ2n) is 9.51. The van der Waals surface area contributed by atoms with Gasteiger partial charge in [-0.2, -0.15) is 10.2 Å². The minimum absolute atomic E-state index is 0.227. The first kappa shape index (κ1) is 26.6. The first-order valence-electron chi connectivity index (χ1n) is 12.3. The second kappa shape index (κ2) is 10.7. The molecule has 5 aromatic rings. The van der Waals surface area contributed by atoms with Crippen molar-refractivity contribution < 1.29 is 18.7 Å². The summed E-state index contributed by atoms with van der Waals surface area (Å²) in [5, 5.41) is 22.4. The van der Waals surface area contributed by atoms with E-state index < -0.39 is 29.5 Å². The van der Waals surface area contributed by atoms with Crippen LogP contribution in [0.1, 0.15) is 27.0 Å². The number of carbonyl (C=O) groups excluding carboxylic acids is 1. The number of nitrogens with one attached hydrogen (secondary N) is 1. The van der Waals surface area contributed by atoms with E-state index in [9.17, 15) is 23.5 Å². The van der Waals surface area contributed by atoms with Crippen molar-refractivity contribution in [3.05, 3.63) is 124 Å². The number of hydrogen-bond donors (Lipinski definition) is 2. The zero-order chi connectivity index (χ0) is 28.4. The molecule has 0 saturated heterocycles. The molecule has 0 bridgehead atoms. The van der Waals surface area contributed by atoms with Gasteiger partial charge in [0.15, 0.2) is 0 Å². The van der Waals surface area contributed by atoms with E-state index in [4.69, 9.17) is 0 Å². The van der Waals surface area contributed by atoms with Crippen LogP contribution in [0.5, 0.6) is 0 Å². The van der Waals surface area contributed by atoms with Gasteiger partial charge in [0.25, 0.3) is 5.91 Å². The molecule has 2 N–H and O–H groups in total. The number of hydrogen-bond acceptors (Lipinski definition) is 6. The summed E-state index contributed by atoms with van der Waals surface area (Å²) in [4.78, 5) is 29.8. The molecule has 5 rings (SSSR count). The van der Waals surface area contributed by atoms with Crippen molar-refractivity contribution in [3.63, 3.8) is 0 Å². The van der Waals surface area contributed by atoms with E-state index >= 15 is 0 Å². The van der Waals surface area contributed by atoms with E-state index in [1.54, 1.807) is 30.3 Å². The maximum absolute atomic E-state index is 14.7. The fourth-order valence-electron chi connectivity index (χ4n) is 4.51. The zero-order valence-electron chi connectivity index (χ0n) is 21.6. The van der Waals surface area contributed by atoms with Crippen LogP contribution in [0.4, 0.5) is 14.5 Å². The molecular weight excluding hydrogens is 520 g/mol. The Morgan fingerprint density at radius 3 is 2.42 bits per heavy atom. The average molecular weight is 546 g/mol. The van der Waals surface area contributed by atoms with Gasteiger partial charge in [-0.15, -0.1) is 0 Å². The van der Waals surface area contributed by atoms with E-state index in [1.807, 2.05) is 26.0 Å². The molecular formula is C28H25F2N7O3. The fraction of sp³-hybridized carbons (Fsp3) is 0.179. The molecule has 204 valence electrons. The van der Waals surface area contributed by atoms with Gasteiger partial charge in [-0.25, -0.2) is 32.5 Å². The van der Waals surface area contributed by atoms with Crippen LogP contribution in [0.3, 0.4) is 0 Å². The van der Waals surface area contributed by atoms with E-state index in [2.05, 4.69) is 20.5 Å². The van der Waals surface area contributed by atoms with Gasteiger partial charge in [0, 0.05) is 22.9 Å². The molecule has 0 unspecified atom stereocenters. The lowest BCUT2D eigenvalue weighted by Gasteiger charge is -2.28. The monoisotopic (exact) mass is 545 g/mol. The number of halogens is 2. The highest BCUT2D eigenvalue weighted by Gasteiger charge is 2.35. The highest BCUT2D eigenvalue weighted by atomic mass is 19.1. The van der Waals surface area contributed by atoms with Gasteiger partial charge in [-0.3, -0.25) is 4.79 Å². The van der Waals surface area contributed by atoms with Gasteiger partial charge in [0.2, 0.25) is 0 Å². The number of aliphatic hydroxyl groups is 1. The van der Waals surface area contributed by atoms with Crippen LogP contribution in [0.2, 0.25) is 0 Å². The molecule has 12 heteroatoms. The molecule has 40 heavy (non-hydrogen) atoms. The smallest absolute Gasteiger partial charge is 0.350 e. The highest BCUT2D eigenvalue weighted by molar-refractivity contribution is 6.05. The van der Waals surface area contributed by atoms with Crippen LogP contribution < -0.4 is 11.0 Å². The summed E-state index contributed by atoms with van der Waals surface area (Å²) in [6.07, 6.45) is 3.84. The molecule has 0 aliphatic rings. The third kappa shape index (κ3) is 5.43. The summed E-state index contributed by atoms with van der Waals surface area (Å²) < 4.78 is 31.8. The first-order valence-corrected chi connectivity index (χ1v) is 12.3. The van der Waals surface area contributed by atoms with Gasteiger partial charge in [0.05, 0.1) is 18.8 Å². The number of rotatable bonds is 8. The Bertz CT molecular complexity index is 1730. The average Bonchev–Trinajstić information content (AvgIpc) is 3.54. The van der Waals surface area contributed by atoms with Crippen molar-refractivity contribution in [1.29, 1.82) is 0 Å². The van der Waals surface area contributed by atoms with Crippen molar-refractivity contribution in [2.75, 3.05) is 5.32 Å². The quantitative estimate of drug-likeness (QED) is 0.309. The van der Waals surface area contributed by atoms with Crippen molar-refractivity contribution in [2.24, 2.45) is 0 Å². The van der Waals surface area contributed by atoms with E-state index in [-0.39, 0.29) is 18.0 Å². The molecule has 1 amide bonds. The summed E-state index contributed by atoms with van der Waals surface area (Å²) >= 11 is 0. The molecule has 3 aromatic carbocycles. The van der Waals surface area contributed by atoms with Crippen LogP contribution in [-0.4, -0.2) is 40.1 Å². The zero-order valence-corrected chi connectivity index (χ0v) is 21.6. The number of nitrogens with zero attached hydrogens (tertiary/aromatic N) is 6. The molecule has 0 aliphatic carbocycles. The van der Waals surface area contributed by atoms with E-state index in [0.717, 1.165) is 27.9 Å². The van der Waals surface area contributed by atoms with Crippen molar-refractivity contribution in [2.45, 2.75) is 32.5 Å². The van der Waals surface area contributed by atoms with Crippen molar-refractivity contribution in [1.82, 2.24) is 29.1 Å².